The van der Waals surface area contributed by atoms with E-state index >= 15 is 0 Å². The highest BCUT2D eigenvalue weighted by molar-refractivity contribution is 5.78. The summed E-state index contributed by atoms with van der Waals surface area (Å²) in [5, 5.41) is 0. The average molecular weight is 400 g/mol. The van der Waals surface area contributed by atoms with Gasteiger partial charge in [-0.05, 0) is 56.5 Å². The number of anilines is 1. The number of piperazine rings is 1. The van der Waals surface area contributed by atoms with E-state index in [-0.39, 0.29) is 11.7 Å². The summed E-state index contributed by atoms with van der Waals surface area (Å²) >= 11 is 0. The van der Waals surface area contributed by atoms with E-state index in [2.05, 4.69) is 19.4 Å². The molecule has 2 saturated heterocycles. The van der Waals surface area contributed by atoms with E-state index in [9.17, 15) is 9.18 Å². The van der Waals surface area contributed by atoms with Crippen LogP contribution in [0.3, 0.4) is 0 Å². The molecule has 0 radical (unpaired) electrons. The van der Waals surface area contributed by atoms with Crippen molar-refractivity contribution in [3.8, 4) is 0 Å². The molecular formula is C22H30FN5O. The van der Waals surface area contributed by atoms with Gasteiger partial charge in [0.25, 0.3) is 0 Å². The number of imidazole rings is 1. The molecule has 0 bridgehead atoms. The van der Waals surface area contributed by atoms with Gasteiger partial charge < -0.3 is 14.4 Å². The van der Waals surface area contributed by atoms with E-state index in [1.807, 2.05) is 36.4 Å². The first kappa shape index (κ1) is 19.9. The van der Waals surface area contributed by atoms with Crippen molar-refractivity contribution in [1.82, 2.24) is 19.4 Å². The van der Waals surface area contributed by atoms with Gasteiger partial charge >= 0.3 is 0 Å². The van der Waals surface area contributed by atoms with E-state index in [1.165, 1.54) is 18.6 Å². The smallest absolute Gasteiger partial charge is 0.236 e. The molecule has 156 valence electrons. The van der Waals surface area contributed by atoms with E-state index in [0.717, 1.165) is 63.7 Å². The molecule has 29 heavy (non-hydrogen) atoms. The van der Waals surface area contributed by atoms with Crippen LogP contribution in [0.5, 0.6) is 0 Å². The number of halogens is 1. The van der Waals surface area contributed by atoms with Crippen molar-refractivity contribution in [3.63, 3.8) is 0 Å². The number of carbonyl (C=O) groups is 1. The van der Waals surface area contributed by atoms with Gasteiger partial charge in [0.15, 0.2) is 0 Å². The minimum Gasteiger partial charge on any atom is -0.368 e. The van der Waals surface area contributed by atoms with Crippen molar-refractivity contribution in [2.75, 3.05) is 50.7 Å². The number of rotatable bonds is 5. The summed E-state index contributed by atoms with van der Waals surface area (Å²) in [5.74, 6) is 1.63. The fourth-order valence-electron chi connectivity index (χ4n) is 4.48. The Morgan fingerprint density at radius 2 is 1.90 bits per heavy atom. The van der Waals surface area contributed by atoms with Gasteiger partial charge in [-0.1, -0.05) is 0 Å². The summed E-state index contributed by atoms with van der Waals surface area (Å²) in [5.41, 5.74) is 1.02. The first-order valence-corrected chi connectivity index (χ1v) is 10.6. The number of benzene rings is 1. The number of hydrogen-bond donors (Lipinski definition) is 0. The zero-order valence-corrected chi connectivity index (χ0v) is 17.1. The van der Waals surface area contributed by atoms with Gasteiger partial charge in [0.2, 0.25) is 5.91 Å². The molecule has 6 nitrogen and oxygen atoms in total. The van der Waals surface area contributed by atoms with Crippen molar-refractivity contribution < 1.29 is 9.18 Å². The van der Waals surface area contributed by atoms with Crippen LogP contribution >= 0.6 is 0 Å². The average Bonchev–Trinajstić information content (AvgIpc) is 3.13. The summed E-state index contributed by atoms with van der Waals surface area (Å²) in [4.78, 5) is 23.6. The molecule has 2 aliphatic heterocycles. The van der Waals surface area contributed by atoms with E-state index < -0.39 is 0 Å². The van der Waals surface area contributed by atoms with Gasteiger partial charge in [0.05, 0.1) is 6.54 Å². The van der Waals surface area contributed by atoms with E-state index in [1.54, 1.807) is 0 Å². The second kappa shape index (κ2) is 8.95. The largest absolute Gasteiger partial charge is 0.368 e. The van der Waals surface area contributed by atoms with Gasteiger partial charge in [0, 0.05) is 57.3 Å². The highest BCUT2D eigenvalue weighted by Crippen LogP contribution is 2.20. The fourth-order valence-corrected chi connectivity index (χ4v) is 4.48. The standard InChI is InChI=1S/C22H30FN5O/c1-18-24-8-10-28(18)16-19-3-2-9-25(15-19)17-22(29)27-13-11-26(12-14-27)21-6-4-20(23)5-7-21/h4-8,10,19H,2-3,9,11-17H2,1H3. The Bertz CT molecular complexity index is 813. The van der Waals surface area contributed by atoms with Crippen molar-refractivity contribution in [2.45, 2.75) is 26.3 Å². The van der Waals surface area contributed by atoms with Crippen molar-refractivity contribution in [3.05, 3.63) is 48.3 Å². The fraction of sp³-hybridized carbons (Fsp3) is 0.545. The van der Waals surface area contributed by atoms with Crippen LogP contribution in [0.2, 0.25) is 0 Å². The molecule has 1 aromatic heterocycles. The maximum absolute atomic E-state index is 13.1. The molecule has 4 rings (SSSR count). The zero-order valence-electron chi connectivity index (χ0n) is 17.1. The van der Waals surface area contributed by atoms with Crippen molar-refractivity contribution in [2.24, 2.45) is 5.92 Å². The maximum Gasteiger partial charge on any atom is 0.236 e. The molecule has 7 heteroatoms. The molecule has 2 aliphatic rings. The lowest BCUT2D eigenvalue weighted by Gasteiger charge is -2.38. The van der Waals surface area contributed by atoms with Crippen LogP contribution in [-0.2, 0) is 11.3 Å². The second-order valence-electron chi connectivity index (χ2n) is 8.21. The molecular weight excluding hydrogens is 369 g/mol. The van der Waals surface area contributed by atoms with Crippen LogP contribution in [0.4, 0.5) is 10.1 Å². The zero-order chi connectivity index (χ0) is 20.2. The second-order valence-corrected chi connectivity index (χ2v) is 8.21. The number of nitrogens with zero attached hydrogens (tertiary/aromatic N) is 5. The number of hydrogen-bond acceptors (Lipinski definition) is 4. The van der Waals surface area contributed by atoms with Crippen LogP contribution in [0, 0.1) is 18.7 Å². The van der Waals surface area contributed by atoms with Crippen molar-refractivity contribution >= 4 is 11.6 Å². The number of aryl methyl sites for hydroxylation is 1. The molecule has 1 aromatic carbocycles. The van der Waals surface area contributed by atoms with E-state index in [0.29, 0.717) is 12.5 Å². The molecule has 0 N–H and O–H groups in total. The lowest BCUT2D eigenvalue weighted by Crippen LogP contribution is -2.52. The van der Waals surface area contributed by atoms with Crippen LogP contribution in [-0.4, -0.2) is 71.1 Å². The predicted molar refractivity (Wildman–Crippen MR) is 111 cm³/mol. The van der Waals surface area contributed by atoms with E-state index in [4.69, 9.17) is 0 Å². The number of carbonyl (C=O) groups excluding carboxylic acids is 1. The molecule has 1 unspecified atom stereocenters. The Labute approximate surface area is 171 Å². The summed E-state index contributed by atoms with van der Waals surface area (Å²) in [6, 6.07) is 6.60. The van der Waals surface area contributed by atoms with Crippen LogP contribution in [0.15, 0.2) is 36.7 Å². The molecule has 2 aromatic rings. The van der Waals surface area contributed by atoms with Crippen LogP contribution in [0.1, 0.15) is 18.7 Å². The monoisotopic (exact) mass is 399 g/mol. The summed E-state index contributed by atoms with van der Waals surface area (Å²) in [6.45, 7) is 8.53. The third kappa shape index (κ3) is 4.96. The molecule has 0 saturated carbocycles. The molecule has 1 amide bonds. The third-order valence-electron chi connectivity index (χ3n) is 6.16. The SMILES string of the molecule is Cc1nccn1CC1CCCN(CC(=O)N2CCN(c3ccc(F)cc3)CC2)C1. The lowest BCUT2D eigenvalue weighted by atomic mass is 9.98. The first-order chi connectivity index (χ1) is 14.1. The highest BCUT2D eigenvalue weighted by atomic mass is 19.1. The third-order valence-corrected chi connectivity index (χ3v) is 6.16. The number of amides is 1. The predicted octanol–water partition coefficient (Wildman–Crippen LogP) is 2.39. The van der Waals surface area contributed by atoms with Gasteiger partial charge in [-0.25, -0.2) is 9.37 Å². The first-order valence-electron chi connectivity index (χ1n) is 10.6. The van der Waals surface area contributed by atoms with Crippen LogP contribution in [0.25, 0.3) is 0 Å². The normalized spacial score (nSPS) is 20.8. The quantitative estimate of drug-likeness (QED) is 0.775. The number of piperidine rings is 1. The Kier molecular flexibility index (Phi) is 6.13. The maximum atomic E-state index is 13.1. The summed E-state index contributed by atoms with van der Waals surface area (Å²) in [7, 11) is 0. The minimum atomic E-state index is -0.217. The summed E-state index contributed by atoms with van der Waals surface area (Å²) in [6.07, 6.45) is 6.24. The Morgan fingerprint density at radius 3 is 2.59 bits per heavy atom. The molecule has 2 fully saturated rings. The number of likely N-dealkylation sites (tertiary alicyclic amines) is 1. The minimum absolute atomic E-state index is 0.217. The highest BCUT2D eigenvalue weighted by Gasteiger charge is 2.26. The number of aromatic nitrogens is 2. The van der Waals surface area contributed by atoms with Crippen molar-refractivity contribution in [1.29, 1.82) is 0 Å². The lowest BCUT2D eigenvalue weighted by molar-refractivity contribution is -0.133. The van der Waals surface area contributed by atoms with Crippen LogP contribution < -0.4 is 4.90 Å². The topological polar surface area (TPSA) is 44.6 Å². The molecule has 0 spiro atoms. The molecule has 3 heterocycles. The molecule has 0 aliphatic carbocycles. The summed E-state index contributed by atoms with van der Waals surface area (Å²) < 4.78 is 15.3. The Hall–Kier alpha value is -2.41. The Balaban J connectivity index is 1.25. The van der Waals surface area contributed by atoms with Gasteiger partial charge in [-0.2, -0.15) is 0 Å². The Morgan fingerprint density at radius 1 is 1.14 bits per heavy atom. The molecule has 1 atom stereocenters. The van der Waals surface area contributed by atoms with Gasteiger partial charge in [0.1, 0.15) is 11.6 Å². The van der Waals surface area contributed by atoms with Gasteiger partial charge in [-0.3, -0.25) is 9.69 Å². The van der Waals surface area contributed by atoms with Gasteiger partial charge in [-0.15, -0.1) is 0 Å².